The van der Waals surface area contributed by atoms with Gasteiger partial charge < -0.3 is 5.32 Å². The number of halogens is 1. The highest BCUT2D eigenvalue weighted by molar-refractivity contribution is 7.10. The molecule has 0 bridgehead atoms. The van der Waals surface area contributed by atoms with Gasteiger partial charge in [-0.15, -0.1) is 11.3 Å². The molecule has 0 saturated carbocycles. The number of thiophene rings is 1. The van der Waals surface area contributed by atoms with Crippen molar-refractivity contribution in [2.75, 3.05) is 6.54 Å². The van der Waals surface area contributed by atoms with Gasteiger partial charge in [-0.3, -0.25) is 4.79 Å². The fraction of sp³-hybridized carbons (Fsp3) is 0.125. The van der Waals surface area contributed by atoms with E-state index in [1.807, 2.05) is 11.4 Å². The summed E-state index contributed by atoms with van der Waals surface area (Å²) in [5.74, 6) is -0.409. The van der Waals surface area contributed by atoms with Crippen LogP contribution in [0.4, 0.5) is 4.39 Å². The number of hydrogen-bond donors (Lipinski definition) is 1. The van der Waals surface area contributed by atoms with E-state index < -0.39 is 0 Å². The molecule has 0 radical (unpaired) electrons. The molecule has 3 rings (SSSR count). The van der Waals surface area contributed by atoms with Crippen LogP contribution in [0.5, 0.6) is 0 Å². The summed E-state index contributed by atoms with van der Waals surface area (Å²) in [6, 6.07) is 11.9. The molecule has 0 fully saturated rings. The van der Waals surface area contributed by atoms with Gasteiger partial charge in [-0.2, -0.15) is 4.37 Å². The number of amides is 1. The first-order valence-electron chi connectivity index (χ1n) is 6.75. The van der Waals surface area contributed by atoms with Gasteiger partial charge in [-0.1, -0.05) is 6.07 Å². The molecule has 0 aliphatic rings. The van der Waals surface area contributed by atoms with Gasteiger partial charge in [0.05, 0.1) is 5.69 Å². The zero-order chi connectivity index (χ0) is 15.4. The molecule has 6 heteroatoms. The van der Waals surface area contributed by atoms with Gasteiger partial charge in [0.25, 0.3) is 5.91 Å². The minimum absolute atomic E-state index is 0.123. The van der Waals surface area contributed by atoms with E-state index in [0.29, 0.717) is 17.1 Å². The Bertz CT molecular complexity index is 751. The highest BCUT2D eigenvalue weighted by Gasteiger charge is 2.11. The second-order valence-electron chi connectivity index (χ2n) is 4.67. The Morgan fingerprint density at radius 2 is 2.05 bits per heavy atom. The highest BCUT2D eigenvalue weighted by atomic mass is 32.1. The average molecular weight is 332 g/mol. The maximum absolute atomic E-state index is 12.9. The van der Waals surface area contributed by atoms with E-state index in [2.05, 4.69) is 15.8 Å². The normalized spacial score (nSPS) is 10.6. The van der Waals surface area contributed by atoms with Crippen molar-refractivity contribution in [2.24, 2.45) is 0 Å². The molecular formula is C16H13FN2OS2. The number of aromatic nitrogens is 1. The van der Waals surface area contributed by atoms with E-state index in [4.69, 9.17) is 0 Å². The van der Waals surface area contributed by atoms with E-state index in [1.165, 1.54) is 17.0 Å². The number of benzene rings is 1. The van der Waals surface area contributed by atoms with E-state index in [-0.39, 0.29) is 11.7 Å². The van der Waals surface area contributed by atoms with Gasteiger partial charge in [-0.25, -0.2) is 4.39 Å². The van der Waals surface area contributed by atoms with Crippen LogP contribution in [0.3, 0.4) is 0 Å². The van der Waals surface area contributed by atoms with Crippen LogP contribution in [-0.4, -0.2) is 16.8 Å². The molecule has 1 amide bonds. The van der Waals surface area contributed by atoms with Crippen molar-refractivity contribution in [3.05, 3.63) is 63.4 Å². The monoisotopic (exact) mass is 332 g/mol. The van der Waals surface area contributed by atoms with Crippen LogP contribution >= 0.6 is 22.9 Å². The van der Waals surface area contributed by atoms with Crippen molar-refractivity contribution >= 4 is 28.8 Å². The topological polar surface area (TPSA) is 42.0 Å². The van der Waals surface area contributed by atoms with Crippen LogP contribution in [-0.2, 0) is 6.42 Å². The van der Waals surface area contributed by atoms with Crippen molar-refractivity contribution in [1.82, 2.24) is 9.69 Å². The largest absolute Gasteiger partial charge is 0.351 e. The molecule has 22 heavy (non-hydrogen) atoms. The maximum Gasteiger partial charge on any atom is 0.263 e. The summed E-state index contributed by atoms with van der Waals surface area (Å²) >= 11 is 2.83. The molecule has 2 heterocycles. The van der Waals surface area contributed by atoms with Crippen LogP contribution in [0.15, 0.2) is 47.8 Å². The van der Waals surface area contributed by atoms with Crippen molar-refractivity contribution < 1.29 is 9.18 Å². The molecule has 1 N–H and O–H groups in total. The predicted octanol–water partition coefficient (Wildman–Crippen LogP) is 3.98. The minimum Gasteiger partial charge on any atom is -0.351 e. The summed E-state index contributed by atoms with van der Waals surface area (Å²) < 4.78 is 17.2. The third-order valence-corrected chi connectivity index (χ3v) is 4.84. The second-order valence-corrected chi connectivity index (χ2v) is 6.51. The molecule has 0 aliphatic heterocycles. The Morgan fingerprint density at radius 3 is 2.77 bits per heavy atom. The van der Waals surface area contributed by atoms with E-state index in [9.17, 15) is 9.18 Å². The van der Waals surface area contributed by atoms with E-state index in [1.54, 1.807) is 29.5 Å². The van der Waals surface area contributed by atoms with Crippen LogP contribution in [0.2, 0.25) is 0 Å². The lowest BCUT2D eigenvalue weighted by Crippen LogP contribution is -2.24. The number of hydrogen-bond acceptors (Lipinski definition) is 4. The molecule has 0 atom stereocenters. The van der Waals surface area contributed by atoms with Crippen LogP contribution in [0.25, 0.3) is 11.3 Å². The lowest BCUT2D eigenvalue weighted by molar-refractivity contribution is 0.0958. The first-order valence-corrected chi connectivity index (χ1v) is 8.41. The maximum atomic E-state index is 12.9. The number of carbonyl (C=O) groups is 1. The van der Waals surface area contributed by atoms with E-state index >= 15 is 0 Å². The fourth-order valence-electron chi connectivity index (χ4n) is 1.98. The molecule has 0 spiro atoms. The van der Waals surface area contributed by atoms with Gasteiger partial charge in [0.15, 0.2) is 0 Å². The molecule has 2 aromatic heterocycles. The first-order chi connectivity index (χ1) is 10.7. The van der Waals surface area contributed by atoms with Gasteiger partial charge in [-0.05, 0) is 59.7 Å². The molecule has 3 aromatic rings. The molecule has 0 saturated heterocycles. The smallest absolute Gasteiger partial charge is 0.263 e. The molecule has 0 aliphatic carbocycles. The third kappa shape index (κ3) is 3.58. The fourth-order valence-corrected chi connectivity index (χ4v) is 3.36. The highest BCUT2D eigenvalue weighted by Crippen LogP contribution is 2.22. The van der Waals surface area contributed by atoms with Crippen molar-refractivity contribution in [3.8, 4) is 11.3 Å². The van der Waals surface area contributed by atoms with Gasteiger partial charge in [0.2, 0.25) is 0 Å². The molecule has 112 valence electrons. The quantitative estimate of drug-likeness (QED) is 0.768. The predicted molar refractivity (Wildman–Crippen MR) is 87.9 cm³/mol. The SMILES string of the molecule is O=C(NCCc1cccs1)c1cc(-c2ccc(F)cc2)ns1. The zero-order valence-corrected chi connectivity index (χ0v) is 13.2. The standard InChI is InChI=1S/C16H13FN2OS2/c17-12-5-3-11(4-6-12)14-10-15(22-19-14)16(20)18-8-7-13-2-1-9-21-13/h1-6,9-10H,7-8H2,(H,18,20). The second kappa shape index (κ2) is 6.81. The summed E-state index contributed by atoms with van der Waals surface area (Å²) in [4.78, 5) is 13.9. The van der Waals surface area contributed by atoms with Crippen LogP contribution < -0.4 is 5.32 Å². The Labute approximate surface area is 135 Å². The molecule has 1 aromatic carbocycles. The van der Waals surface area contributed by atoms with Gasteiger partial charge >= 0.3 is 0 Å². The first kappa shape index (κ1) is 14.9. The Hall–Kier alpha value is -2.05. The molecular weight excluding hydrogens is 319 g/mol. The van der Waals surface area contributed by atoms with Crippen LogP contribution in [0.1, 0.15) is 14.5 Å². The third-order valence-electron chi connectivity index (χ3n) is 3.11. The van der Waals surface area contributed by atoms with Gasteiger partial charge in [0, 0.05) is 17.0 Å². The summed E-state index contributed by atoms with van der Waals surface area (Å²) in [5, 5.41) is 4.91. The van der Waals surface area contributed by atoms with Crippen molar-refractivity contribution in [1.29, 1.82) is 0 Å². The molecule has 3 nitrogen and oxygen atoms in total. The number of nitrogens with zero attached hydrogens (tertiary/aromatic N) is 1. The van der Waals surface area contributed by atoms with E-state index in [0.717, 1.165) is 23.5 Å². The van der Waals surface area contributed by atoms with Crippen molar-refractivity contribution in [3.63, 3.8) is 0 Å². The zero-order valence-electron chi connectivity index (χ0n) is 11.6. The Balaban J connectivity index is 1.60. The van der Waals surface area contributed by atoms with Gasteiger partial charge in [0.1, 0.15) is 10.7 Å². The lowest BCUT2D eigenvalue weighted by Gasteiger charge is -2.01. The molecule has 0 unspecified atom stereocenters. The minimum atomic E-state index is -0.287. The summed E-state index contributed by atoms with van der Waals surface area (Å²) in [5.41, 5.74) is 1.49. The number of nitrogens with one attached hydrogen (secondary N) is 1. The average Bonchev–Trinajstić information content (AvgIpc) is 3.19. The van der Waals surface area contributed by atoms with Crippen molar-refractivity contribution in [2.45, 2.75) is 6.42 Å². The van der Waals surface area contributed by atoms with Crippen LogP contribution in [0, 0.1) is 5.82 Å². The number of carbonyl (C=O) groups excluding carboxylic acids is 1. The number of rotatable bonds is 5. The summed E-state index contributed by atoms with van der Waals surface area (Å²) in [7, 11) is 0. The Kier molecular flexibility index (Phi) is 4.60. The summed E-state index contributed by atoms with van der Waals surface area (Å²) in [6.45, 7) is 0.600. The lowest BCUT2D eigenvalue weighted by atomic mass is 10.1. The Morgan fingerprint density at radius 1 is 1.23 bits per heavy atom. The summed E-state index contributed by atoms with van der Waals surface area (Å²) in [6.07, 6.45) is 0.826.